The molecule has 0 spiro atoms. The van der Waals surface area contributed by atoms with Gasteiger partial charge < -0.3 is 20.5 Å². The van der Waals surface area contributed by atoms with Crippen LogP contribution in [0.1, 0.15) is 19.3 Å². The van der Waals surface area contributed by atoms with E-state index in [1.807, 2.05) is 24.4 Å². The number of benzene rings is 1. The number of aromatic nitrogens is 1. The fourth-order valence-electron chi connectivity index (χ4n) is 2.50. The second kappa shape index (κ2) is 6.63. The van der Waals surface area contributed by atoms with E-state index in [-0.39, 0.29) is 0 Å². The molecule has 2 aromatic rings. The molecule has 112 valence electrons. The number of hydrogen-bond acceptors (Lipinski definition) is 5. The zero-order chi connectivity index (χ0) is 14.5. The van der Waals surface area contributed by atoms with E-state index < -0.39 is 0 Å². The van der Waals surface area contributed by atoms with Gasteiger partial charge in [0.05, 0.1) is 0 Å². The van der Waals surface area contributed by atoms with Crippen LogP contribution in [-0.4, -0.2) is 31.3 Å². The first-order valence-corrected chi connectivity index (χ1v) is 7.51. The predicted octanol–water partition coefficient (Wildman–Crippen LogP) is 2.55. The molecule has 0 bridgehead atoms. The van der Waals surface area contributed by atoms with Crippen LogP contribution in [0.15, 0.2) is 24.4 Å². The molecule has 1 aliphatic rings. The zero-order valence-corrected chi connectivity index (χ0v) is 12.1. The van der Waals surface area contributed by atoms with Crippen molar-refractivity contribution in [1.82, 2.24) is 4.98 Å². The molecule has 21 heavy (non-hydrogen) atoms. The minimum atomic E-state index is 0.598. The fourth-order valence-corrected chi connectivity index (χ4v) is 2.50. The largest absolute Gasteiger partial charge is 0.486 e. The number of nitrogens with one attached hydrogen (secondary N) is 1. The van der Waals surface area contributed by atoms with Crippen molar-refractivity contribution in [3.8, 4) is 11.5 Å². The first-order valence-electron chi connectivity index (χ1n) is 7.51. The Hall–Kier alpha value is -2.01. The van der Waals surface area contributed by atoms with Crippen LogP contribution in [0.5, 0.6) is 11.5 Å². The molecule has 0 fully saturated rings. The van der Waals surface area contributed by atoms with Crippen LogP contribution in [0.3, 0.4) is 0 Å². The van der Waals surface area contributed by atoms with E-state index in [0.29, 0.717) is 13.2 Å². The summed E-state index contributed by atoms with van der Waals surface area (Å²) in [6.07, 6.45) is 5.13. The summed E-state index contributed by atoms with van der Waals surface area (Å²) < 4.78 is 11.3. The molecule has 2 heterocycles. The standard InChI is InChI=1S/C16H21N3O2/c17-5-2-1-3-6-18-16-13-11-15-14(20-8-9-21-15)10-12(13)4-7-19-16/h4,7,10-11H,1-3,5-6,8-9,17H2,(H,18,19). The predicted molar refractivity (Wildman–Crippen MR) is 84.1 cm³/mol. The van der Waals surface area contributed by atoms with Crippen molar-refractivity contribution in [1.29, 1.82) is 0 Å². The maximum Gasteiger partial charge on any atom is 0.162 e. The molecule has 0 aliphatic carbocycles. The van der Waals surface area contributed by atoms with Crippen LogP contribution >= 0.6 is 0 Å². The van der Waals surface area contributed by atoms with Crippen LogP contribution in [0.4, 0.5) is 5.82 Å². The Bertz CT molecular complexity index is 616. The van der Waals surface area contributed by atoms with Crippen molar-refractivity contribution >= 4 is 16.6 Å². The monoisotopic (exact) mass is 287 g/mol. The Morgan fingerprint density at radius 3 is 2.71 bits per heavy atom. The third-order valence-electron chi connectivity index (χ3n) is 3.60. The molecule has 0 saturated carbocycles. The van der Waals surface area contributed by atoms with Gasteiger partial charge in [0.25, 0.3) is 0 Å². The van der Waals surface area contributed by atoms with E-state index in [9.17, 15) is 0 Å². The Balaban J connectivity index is 1.78. The first-order chi connectivity index (χ1) is 10.4. The van der Waals surface area contributed by atoms with Crippen molar-refractivity contribution in [2.24, 2.45) is 5.73 Å². The van der Waals surface area contributed by atoms with Crippen LogP contribution in [0.2, 0.25) is 0 Å². The molecule has 3 N–H and O–H groups in total. The van der Waals surface area contributed by atoms with Gasteiger partial charge in [-0.05, 0) is 43.0 Å². The maximum absolute atomic E-state index is 5.65. The summed E-state index contributed by atoms with van der Waals surface area (Å²) >= 11 is 0. The summed E-state index contributed by atoms with van der Waals surface area (Å²) in [5.74, 6) is 2.51. The van der Waals surface area contributed by atoms with Crippen LogP contribution in [0.25, 0.3) is 10.8 Å². The lowest BCUT2D eigenvalue weighted by molar-refractivity contribution is 0.172. The summed E-state index contributed by atoms with van der Waals surface area (Å²) in [7, 11) is 0. The molecular weight excluding hydrogens is 266 g/mol. The smallest absolute Gasteiger partial charge is 0.162 e. The number of ether oxygens (including phenoxy) is 2. The molecule has 1 aromatic carbocycles. The lowest BCUT2D eigenvalue weighted by Crippen LogP contribution is -2.15. The number of unbranched alkanes of at least 4 members (excludes halogenated alkanes) is 2. The number of anilines is 1. The normalized spacial score (nSPS) is 13.4. The number of pyridine rings is 1. The fraction of sp³-hybridized carbons (Fsp3) is 0.438. The summed E-state index contributed by atoms with van der Waals surface area (Å²) in [6, 6.07) is 6.03. The van der Waals surface area contributed by atoms with E-state index in [1.165, 1.54) is 0 Å². The van der Waals surface area contributed by atoms with Gasteiger partial charge >= 0.3 is 0 Å². The van der Waals surface area contributed by atoms with Crippen molar-refractivity contribution in [2.45, 2.75) is 19.3 Å². The average molecular weight is 287 g/mol. The highest BCUT2D eigenvalue weighted by molar-refractivity contribution is 5.94. The molecule has 3 rings (SSSR count). The average Bonchev–Trinajstić information content (AvgIpc) is 2.53. The molecule has 0 radical (unpaired) electrons. The number of rotatable bonds is 6. The minimum absolute atomic E-state index is 0.598. The van der Waals surface area contributed by atoms with Crippen molar-refractivity contribution in [3.05, 3.63) is 24.4 Å². The summed E-state index contributed by atoms with van der Waals surface area (Å²) in [5, 5.41) is 5.58. The van der Waals surface area contributed by atoms with E-state index >= 15 is 0 Å². The minimum Gasteiger partial charge on any atom is -0.486 e. The van der Waals surface area contributed by atoms with E-state index in [1.54, 1.807) is 0 Å². The van der Waals surface area contributed by atoms with Gasteiger partial charge in [0.2, 0.25) is 0 Å². The third kappa shape index (κ3) is 3.19. The number of hydrogen-bond donors (Lipinski definition) is 2. The highest BCUT2D eigenvalue weighted by atomic mass is 16.6. The van der Waals surface area contributed by atoms with Crippen LogP contribution in [-0.2, 0) is 0 Å². The van der Waals surface area contributed by atoms with Gasteiger partial charge in [0.15, 0.2) is 11.5 Å². The second-order valence-electron chi connectivity index (χ2n) is 5.15. The number of fused-ring (bicyclic) bond motifs is 2. The van der Waals surface area contributed by atoms with E-state index in [0.717, 1.165) is 60.4 Å². The molecular formula is C16H21N3O2. The molecule has 1 aromatic heterocycles. The second-order valence-corrected chi connectivity index (χ2v) is 5.15. The Morgan fingerprint density at radius 2 is 1.90 bits per heavy atom. The summed E-state index contributed by atoms with van der Waals surface area (Å²) in [5.41, 5.74) is 5.50. The van der Waals surface area contributed by atoms with Gasteiger partial charge in [-0.1, -0.05) is 6.42 Å². The highest BCUT2D eigenvalue weighted by Crippen LogP contribution is 2.36. The van der Waals surface area contributed by atoms with Gasteiger partial charge in [0.1, 0.15) is 19.0 Å². The topological polar surface area (TPSA) is 69.4 Å². The number of nitrogens with zero attached hydrogens (tertiary/aromatic N) is 1. The van der Waals surface area contributed by atoms with Crippen LogP contribution in [0, 0.1) is 0 Å². The maximum atomic E-state index is 5.65. The Labute approximate surface area is 124 Å². The first kappa shape index (κ1) is 13.9. The zero-order valence-electron chi connectivity index (χ0n) is 12.1. The molecule has 5 heteroatoms. The Kier molecular flexibility index (Phi) is 4.40. The lowest BCUT2D eigenvalue weighted by atomic mass is 10.1. The van der Waals surface area contributed by atoms with Crippen molar-refractivity contribution in [3.63, 3.8) is 0 Å². The summed E-state index contributed by atoms with van der Waals surface area (Å²) in [4.78, 5) is 4.44. The van der Waals surface area contributed by atoms with Crippen molar-refractivity contribution in [2.75, 3.05) is 31.6 Å². The Morgan fingerprint density at radius 1 is 1.10 bits per heavy atom. The number of nitrogens with two attached hydrogens (primary N) is 1. The molecule has 5 nitrogen and oxygen atoms in total. The summed E-state index contributed by atoms with van der Waals surface area (Å²) in [6.45, 7) is 2.87. The van der Waals surface area contributed by atoms with E-state index in [4.69, 9.17) is 15.2 Å². The molecule has 0 atom stereocenters. The third-order valence-corrected chi connectivity index (χ3v) is 3.60. The van der Waals surface area contributed by atoms with Gasteiger partial charge in [-0.2, -0.15) is 0 Å². The van der Waals surface area contributed by atoms with Gasteiger partial charge in [-0.3, -0.25) is 0 Å². The highest BCUT2D eigenvalue weighted by Gasteiger charge is 2.14. The van der Waals surface area contributed by atoms with Crippen molar-refractivity contribution < 1.29 is 9.47 Å². The SMILES string of the molecule is NCCCCCNc1nccc2cc3c(cc12)OCCO3. The molecule has 0 unspecified atom stereocenters. The molecule has 0 amide bonds. The van der Waals surface area contributed by atoms with Gasteiger partial charge in [0, 0.05) is 18.1 Å². The van der Waals surface area contributed by atoms with Crippen LogP contribution < -0.4 is 20.5 Å². The van der Waals surface area contributed by atoms with E-state index in [2.05, 4.69) is 10.3 Å². The lowest BCUT2D eigenvalue weighted by Gasteiger charge is -2.19. The molecule has 0 saturated heterocycles. The van der Waals surface area contributed by atoms with Gasteiger partial charge in [-0.25, -0.2) is 4.98 Å². The van der Waals surface area contributed by atoms with Gasteiger partial charge in [-0.15, -0.1) is 0 Å². The molecule has 1 aliphatic heterocycles. The quantitative estimate of drug-likeness (QED) is 0.799.